The molecule has 110 valence electrons. The Morgan fingerprint density at radius 1 is 1.24 bits per heavy atom. The van der Waals surface area contributed by atoms with Crippen LogP contribution < -0.4 is 14.8 Å². The number of fused-ring (bicyclic) bond motifs is 1. The van der Waals surface area contributed by atoms with E-state index in [4.69, 9.17) is 9.47 Å². The molecule has 0 amide bonds. The Hall–Kier alpha value is -2.07. The normalized spacial score (nSPS) is 18.9. The van der Waals surface area contributed by atoms with Crippen molar-refractivity contribution in [1.82, 2.24) is 10.3 Å². The van der Waals surface area contributed by atoms with Crippen molar-refractivity contribution in [2.75, 3.05) is 7.11 Å². The number of nitrogens with one attached hydrogen (secondary N) is 1. The van der Waals surface area contributed by atoms with Crippen molar-refractivity contribution in [1.29, 1.82) is 0 Å². The van der Waals surface area contributed by atoms with Gasteiger partial charge in [-0.1, -0.05) is 24.3 Å². The molecular weight excluding hydrogens is 264 g/mol. The van der Waals surface area contributed by atoms with E-state index in [9.17, 15) is 0 Å². The zero-order valence-corrected chi connectivity index (χ0v) is 12.6. The number of hydrogen-bond acceptors (Lipinski definition) is 4. The SMILES string of the molecule is COc1ncccc1CNC1c2ccccc2OC1(C)C. The predicted octanol–water partition coefficient (Wildman–Crippen LogP) is 3.09. The Balaban J connectivity index is 1.81. The lowest BCUT2D eigenvalue weighted by atomic mass is 9.94. The zero-order valence-electron chi connectivity index (χ0n) is 12.6. The van der Waals surface area contributed by atoms with E-state index in [-0.39, 0.29) is 11.6 Å². The molecule has 0 spiro atoms. The fraction of sp³-hybridized carbons (Fsp3) is 0.353. The maximum atomic E-state index is 6.04. The van der Waals surface area contributed by atoms with Crippen LogP contribution in [0.2, 0.25) is 0 Å². The summed E-state index contributed by atoms with van der Waals surface area (Å²) in [6.45, 7) is 4.89. The first-order chi connectivity index (χ1) is 10.1. The highest BCUT2D eigenvalue weighted by molar-refractivity contribution is 5.42. The van der Waals surface area contributed by atoms with E-state index < -0.39 is 0 Å². The summed E-state index contributed by atoms with van der Waals surface area (Å²) in [4.78, 5) is 4.23. The Labute approximate surface area is 125 Å². The molecule has 2 aromatic rings. The standard InChI is InChI=1S/C17H20N2O2/c1-17(2)15(13-8-4-5-9-14(13)21-17)19-11-12-7-6-10-18-16(12)20-3/h4-10,15,19H,11H2,1-3H3. The number of para-hydroxylation sites is 1. The van der Waals surface area contributed by atoms with E-state index >= 15 is 0 Å². The summed E-state index contributed by atoms with van der Waals surface area (Å²) in [5.74, 6) is 1.62. The van der Waals surface area contributed by atoms with Gasteiger partial charge in [0.25, 0.3) is 0 Å². The van der Waals surface area contributed by atoms with Crippen LogP contribution in [0, 0.1) is 0 Å². The van der Waals surface area contributed by atoms with Crippen LogP contribution in [0.1, 0.15) is 31.0 Å². The van der Waals surface area contributed by atoms with E-state index in [2.05, 4.69) is 30.2 Å². The summed E-state index contributed by atoms with van der Waals surface area (Å²) in [7, 11) is 1.64. The molecule has 0 saturated heterocycles. The van der Waals surface area contributed by atoms with Crippen molar-refractivity contribution in [3.8, 4) is 11.6 Å². The Kier molecular flexibility index (Phi) is 3.55. The van der Waals surface area contributed by atoms with Gasteiger partial charge < -0.3 is 14.8 Å². The molecule has 4 heteroatoms. The highest BCUT2D eigenvalue weighted by Crippen LogP contribution is 2.42. The molecule has 1 atom stereocenters. The highest BCUT2D eigenvalue weighted by Gasteiger charge is 2.40. The van der Waals surface area contributed by atoms with E-state index in [0.29, 0.717) is 12.4 Å². The van der Waals surface area contributed by atoms with Crippen LogP contribution in [0.5, 0.6) is 11.6 Å². The number of benzene rings is 1. The minimum Gasteiger partial charge on any atom is -0.486 e. The van der Waals surface area contributed by atoms with Crippen LogP contribution in [-0.4, -0.2) is 17.7 Å². The molecule has 3 rings (SSSR count). The van der Waals surface area contributed by atoms with Gasteiger partial charge in [-0.25, -0.2) is 4.98 Å². The number of hydrogen-bond donors (Lipinski definition) is 1. The van der Waals surface area contributed by atoms with Crippen molar-refractivity contribution >= 4 is 0 Å². The number of nitrogens with zero attached hydrogens (tertiary/aromatic N) is 1. The van der Waals surface area contributed by atoms with Gasteiger partial charge in [0.2, 0.25) is 5.88 Å². The van der Waals surface area contributed by atoms with Crippen molar-refractivity contribution in [3.63, 3.8) is 0 Å². The van der Waals surface area contributed by atoms with Gasteiger partial charge in [-0.15, -0.1) is 0 Å². The highest BCUT2D eigenvalue weighted by atomic mass is 16.5. The second-order valence-corrected chi connectivity index (χ2v) is 5.73. The average Bonchev–Trinajstić information content (AvgIpc) is 2.75. The molecule has 1 unspecified atom stereocenters. The van der Waals surface area contributed by atoms with Crippen molar-refractivity contribution in [3.05, 3.63) is 53.7 Å². The molecule has 1 N–H and O–H groups in total. The third kappa shape index (κ3) is 2.59. The summed E-state index contributed by atoms with van der Waals surface area (Å²) in [6.07, 6.45) is 1.74. The van der Waals surface area contributed by atoms with E-state index in [1.54, 1.807) is 13.3 Å². The van der Waals surface area contributed by atoms with Gasteiger partial charge in [0.05, 0.1) is 13.2 Å². The molecule has 4 nitrogen and oxygen atoms in total. The third-order valence-corrected chi connectivity index (χ3v) is 3.84. The number of pyridine rings is 1. The molecule has 0 bridgehead atoms. The first-order valence-electron chi connectivity index (χ1n) is 7.11. The Morgan fingerprint density at radius 2 is 2.05 bits per heavy atom. The number of ether oxygens (including phenoxy) is 2. The molecule has 1 aliphatic rings. The fourth-order valence-electron chi connectivity index (χ4n) is 2.84. The van der Waals surface area contributed by atoms with Crippen LogP contribution in [0.4, 0.5) is 0 Å². The molecule has 21 heavy (non-hydrogen) atoms. The van der Waals surface area contributed by atoms with Gasteiger partial charge in [0.15, 0.2) is 0 Å². The van der Waals surface area contributed by atoms with Crippen LogP contribution in [0.15, 0.2) is 42.6 Å². The lowest BCUT2D eigenvalue weighted by Crippen LogP contribution is -2.38. The molecular formula is C17H20N2O2. The summed E-state index contributed by atoms with van der Waals surface area (Å²) < 4.78 is 11.3. The predicted molar refractivity (Wildman–Crippen MR) is 81.5 cm³/mol. The van der Waals surface area contributed by atoms with Gasteiger partial charge in [-0.05, 0) is 26.0 Å². The van der Waals surface area contributed by atoms with Crippen molar-refractivity contribution < 1.29 is 9.47 Å². The maximum absolute atomic E-state index is 6.04. The van der Waals surface area contributed by atoms with Gasteiger partial charge in [-0.3, -0.25) is 0 Å². The second-order valence-electron chi connectivity index (χ2n) is 5.73. The van der Waals surface area contributed by atoms with Gasteiger partial charge in [-0.2, -0.15) is 0 Å². The van der Waals surface area contributed by atoms with Crippen LogP contribution in [0.3, 0.4) is 0 Å². The van der Waals surface area contributed by atoms with Gasteiger partial charge in [0, 0.05) is 23.9 Å². The lowest BCUT2D eigenvalue weighted by molar-refractivity contribution is 0.0956. The average molecular weight is 284 g/mol. The van der Waals surface area contributed by atoms with Crippen LogP contribution in [-0.2, 0) is 6.54 Å². The number of rotatable bonds is 4. The summed E-state index contributed by atoms with van der Waals surface area (Å²) in [5, 5.41) is 3.57. The summed E-state index contributed by atoms with van der Waals surface area (Å²) >= 11 is 0. The molecule has 1 aromatic carbocycles. The molecule has 0 aliphatic carbocycles. The van der Waals surface area contributed by atoms with Crippen molar-refractivity contribution in [2.24, 2.45) is 0 Å². The van der Waals surface area contributed by atoms with Crippen LogP contribution in [0.25, 0.3) is 0 Å². The minimum absolute atomic E-state index is 0.138. The first kappa shape index (κ1) is 13.9. The van der Waals surface area contributed by atoms with E-state index in [0.717, 1.165) is 11.3 Å². The second kappa shape index (κ2) is 5.37. The monoisotopic (exact) mass is 284 g/mol. The number of methoxy groups -OCH3 is 1. The third-order valence-electron chi connectivity index (χ3n) is 3.84. The van der Waals surface area contributed by atoms with Gasteiger partial charge >= 0.3 is 0 Å². The minimum atomic E-state index is -0.279. The molecule has 0 saturated carbocycles. The fourth-order valence-corrected chi connectivity index (χ4v) is 2.84. The summed E-state index contributed by atoms with van der Waals surface area (Å²) in [6, 6.07) is 12.3. The van der Waals surface area contributed by atoms with E-state index in [1.807, 2.05) is 30.3 Å². The van der Waals surface area contributed by atoms with Crippen LogP contribution >= 0.6 is 0 Å². The smallest absolute Gasteiger partial charge is 0.217 e. The molecule has 0 radical (unpaired) electrons. The molecule has 1 aromatic heterocycles. The first-order valence-corrected chi connectivity index (χ1v) is 7.11. The zero-order chi connectivity index (χ0) is 14.9. The maximum Gasteiger partial charge on any atom is 0.217 e. The Morgan fingerprint density at radius 3 is 2.86 bits per heavy atom. The molecule has 0 fully saturated rings. The molecule has 1 aliphatic heterocycles. The summed E-state index contributed by atoms with van der Waals surface area (Å²) in [5.41, 5.74) is 1.96. The van der Waals surface area contributed by atoms with Crippen molar-refractivity contribution in [2.45, 2.75) is 32.0 Å². The van der Waals surface area contributed by atoms with Gasteiger partial charge in [0.1, 0.15) is 11.4 Å². The quantitative estimate of drug-likeness (QED) is 0.937. The van der Waals surface area contributed by atoms with E-state index in [1.165, 1.54) is 5.56 Å². The lowest BCUT2D eigenvalue weighted by Gasteiger charge is -2.27. The molecule has 2 heterocycles. The topological polar surface area (TPSA) is 43.4 Å². The number of aromatic nitrogens is 1. The Bertz CT molecular complexity index is 640. The largest absolute Gasteiger partial charge is 0.486 e.